The second-order valence-electron chi connectivity index (χ2n) is 8.56. The van der Waals surface area contributed by atoms with Gasteiger partial charge in [-0.3, -0.25) is 4.99 Å². The van der Waals surface area contributed by atoms with Crippen molar-refractivity contribution in [2.24, 2.45) is 4.99 Å². The van der Waals surface area contributed by atoms with Gasteiger partial charge in [-0.05, 0) is 69.5 Å². The van der Waals surface area contributed by atoms with E-state index in [2.05, 4.69) is 43.2 Å². The van der Waals surface area contributed by atoms with Crippen LogP contribution in [0.4, 0.5) is 5.69 Å². The molecular formula is C28H40N2O11PW-. The molecule has 4 rings (SSSR count). The first-order chi connectivity index (χ1) is 18.0. The van der Waals surface area contributed by atoms with Crippen LogP contribution in [-0.4, -0.2) is 62.3 Å². The van der Waals surface area contributed by atoms with Crippen LogP contribution in [0.3, 0.4) is 0 Å². The molecule has 0 spiro atoms. The van der Waals surface area contributed by atoms with Gasteiger partial charge in [0.2, 0.25) is 0 Å². The molecule has 13 nitrogen and oxygen atoms in total. The molecule has 2 aromatic carbocycles. The second-order valence-corrected chi connectivity index (χ2v) is 9.59. The van der Waals surface area contributed by atoms with Gasteiger partial charge < -0.3 is 51.1 Å². The molecule has 0 unspecified atom stereocenters. The van der Waals surface area contributed by atoms with Crippen molar-refractivity contribution in [2.75, 3.05) is 25.0 Å². The number of carbonyl (C=O) groups excluding carboxylic acids is 1. The molecule has 0 bridgehead atoms. The van der Waals surface area contributed by atoms with E-state index in [0.29, 0.717) is 18.7 Å². The number of nitrogens with zero attached hydrogens (tertiary/aromatic N) is 1. The number of rotatable bonds is 6. The molecule has 1 heterocycles. The van der Waals surface area contributed by atoms with Gasteiger partial charge in [0.1, 0.15) is 11.3 Å². The molecule has 2 aromatic rings. The Bertz CT molecular complexity index is 1550. The molecule has 0 aromatic heterocycles. The number of hydrogen-bond acceptors (Lipinski definition) is 7. The van der Waals surface area contributed by atoms with Crippen LogP contribution in [0.25, 0.3) is 33.4 Å². The van der Waals surface area contributed by atoms with Crippen molar-refractivity contribution in [3.05, 3.63) is 70.6 Å². The number of phosphoric acid groups is 1. The zero-order valence-electron chi connectivity index (χ0n) is 24.5. The summed E-state index contributed by atoms with van der Waals surface area (Å²) < 4.78 is 20.7. The Morgan fingerprint density at radius 2 is 1.56 bits per heavy atom. The molecule has 43 heavy (non-hydrogen) atoms. The second kappa shape index (κ2) is 19.3. The number of esters is 1. The van der Waals surface area contributed by atoms with Gasteiger partial charge in [0, 0.05) is 68.5 Å². The van der Waals surface area contributed by atoms with Gasteiger partial charge in [0.05, 0.1) is 17.5 Å². The average Bonchev–Trinajstić information content (AvgIpc) is 2.84. The van der Waals surface area contributed by atoms with Crippen LogP contribution in [0.1, 0.15) is 42.3 Å². The molecule has 0 saturated heterocycles. The number of aryl methyl sites for hydroxylation is 2. The minimum atomic E-state index is -4.64. The molecular weight excluding hydrogens is 755 g/mol. The number of ether oxygens (including phenoxy) is 1. The van der Waals surface area contributed by atoms with E-state index >= 15 is 0 Å². The van der Waals surface area contributed by atoms with Crippen LogP contribution in [0, 0.1) is 13.8 Å². The van der Waals surface area contributed by atoms with Gasteiger partial charge in [0.25, 0.3) is 0 Å². The van der Waals surface area contributed by atoms with Crippen LogP contribution < -0.4 is 10.7 Å². The third-order valence-electron chi connectivity index (χ3n) is 5.77. The smallest absolute Gasteiger partial charge is 0.466 e. The third-order valence-corrected chi connectivity index (χ3v) is 5.77. The number of anilines is 1. The number of fused-ring (bicyclic) bond motifs is 2. The summed E-state index contributed by atoms with van der Waals surface area (Å²) in [5, 5.41) is 5.28. The van der Waals surface area contributed by atoms with Gasteiger partial charge in [0.15, 0.2) is 0 Å². The summed E-state index contributed by atoms with van der Waals surface area (Å²) in [6.07, 6.45) is 0. The van der Waals surface area contributed by atoms with Crippen LogP contribution >= 0.6 is 7.82 Å². The molecule has 1 aliphatic heterocycles. The fourth-order valence-electron chi connectivity index (χ4n) is 4.29. The maximum Gasteiger partial charge on any atom is 0.466 e. The summed E-state index contributed by atoms with van der Waals surface area (Å²) in [5.41, 5.74) is 7.25. The topological polar surface area (TPSA) is 266 Å². The summed E-state index contributed by atoms with van der Waals surface area (Å²) >= 11 is 0. The quantitative estimate of drug-likeness (QED) is 0.127. The first kappa shape index (κ1) is 44.5. The fourth-order valence-corrected chi connectivity index (χ4v) is 4.29. The summed E-state index contributed by atoms with van der Waals surface area (Å²) in [7, 11) is -4.64. The molecule has 0 radical (unpaired) electrons. The Labute approximate surface area is 263 Å². The van der Waals surface area contributed by atoms with E-state index in [1.165, 1.54) is 0 Å². The number of nitrogens with one attached hydrogen (secondary N) is 1. The van der Waals surface area contributed by atoms with Crippen molar-refractivity contribution in [2.45, 2.75) is 34.6 Å². The largest absolute Gasteiger partial charge is 0.870 e. The molecule has 15 heteroatoms. The zero-order valence-corrected chi connectivity index (χ0v) is 28.3. The third kappa shape index (κ3) is 11.2. The fraction of sp³-hybridized carbons (Fsp3) is 0.286. The van der Waals surface area contributed by atoms with E-state index in [4.69, 9.17) is 28.4 Å². The predicted molar refractivity (Wildman–Crippen MR) is 161 cm³/mol. The maximum absolute atomic E-state index is 12.9. The van der Waals surface area contributed by atoms with Crippen molar-refractivity contribution < 1.29 is 76.2 Å². The van der Waals surface area contributed by atoms with E-state index in [9.17, 15) is 4.79 Å². The molecule has 0 saturated carbocycles. The van der Waals surface area contributed by atoms with Crippen LogP contribution in [0.5, 0.6) is 0 Å². The molecule has 1 aliphatic carbocycles. The summed E-state index contributed by atoms with van der Waals surface area (Å²) in [5.74, 6) is 0.408. The van der Waals surface area contributed by atoms with Crippen molar-refractivity contribution in [3.8, 4) is 22.5 Å². The summed E-state index contributed by atoms with van der Waals surface area (Å²) in [4.78, 5) is 39.0. The van der Waals surface area contributed by atoms with Crippen LogP contribution in [-0.2, 0) is 30.4 Å². The van der Waals surface area contributed by atoms with Gasteiger partial charge >= 0.3 is 13.8 Å². The Morgan fingerprint density at radius 1 is 0.953 bits per heavy atom. The Kier molecular flexibility index (Phi) is 20.0. The summed E-state index contributed by atoms with van der Waals surface area (Å²) in [6, 6.07) is 15.9. The monoisotopic (exact) mass is 795 g/mol. The molecule has 0 amide bonds. The SMILES string of the molecule is CCN=c1cc2oc3cc(NCC)c(C)cc3c(-c3ccccc3C(=O)OCC)c-2cc1C.O.O.O.O=P(O)(O)O.[OH-].[W]. The minimum absolute atomic E-state index is 0. The number of benzene rings is 3. The predicted octanol–water partition coefficient (Wildman–Crippen LogP) is 2.77. The summed E-state index contributed by atoms with van der Waals surface area (Å²) in [6.45, 7) is 11.9. The van der Waals surface area contributed by atoms with Crippen molar-refractivity contribution >= 4 is 30.4 Å². The van der Waals surface area contributed by atoms with Crippen LogP contribution in [0.15, 0.2) is 57.9 Å². The maximum atomic E-state index is 12.9. The average molecular weight is 795 g/mol. The first-order valence-electron chi connectivity index (χ1n) is 12.3. The van der Waals surface area contributed by atoms with Crippen molar-refractivity contribution in [1.29, 1.82) is 0 Å². The standard InChI is InChI=1S/C28H30N2O3.H3O4P.4H2O.W/c1-6-29-23-15-25-21(13-17(23)4)27(19-11-9-10-12-20(19)28(31)32-8-3)22-14-18(5)24(30-7-2)16-26(22)33-25;1-5(2,3)4;;;;;/h9-16,29H,6-8H2,1-5H3;(H3,1,2,3,4);4*1H2;/p-1. The Hall–Kier alpha value is -2.96. The number of carbonyl (C=O) groups is 1. The van der Waals surface area contributed by atoms with E-state index in [-0.39, 0.29) is 48.9 Å². The zero-order chi connectivity index (χ0) is 28.0. The van der Waals surface area contributed by atoms with Crippen molar-refractivity contribution in [1.82, 2.24) is 0 Å². The molecule has 11 N–H and O–H groups in total. The van der Waals surface area contributed by atoms with Crippen LogP contribution in [0.2, 0.25) is 0 Å². The molecule has 240 valence electrons. The first-order valence-corrected chi connectivity index (χ1v) is 13.9. The Morgan fingerprint density at radius 3 is 2.12 bits per heavy atom. The van der Waals surface area contributed by atoms with Gasteiger partial charge in [-0.2, -0.15) is 0 Å². The Balaban J connectivity index is -0.00000148. The van der Waals surface area contributed by atoms with E-state index < -0.39 is 7.82 Å². The number of hydrogen-bond donors (Lipinski definition) is 4. The van der Waals surface area contributed by atoms with Gasteiger partial charge in [-0.1, -0.05) is 18.2 Å². The molecule has 0 atom stereocenters. The van der Waals surface area contributed by atoms with E-state index in [1.54, 1.807) is 0 Å². The molecule has 2 aliphatic rings. The van der Waals surface area contributed by atoms with Crippen molar-refractivity contribution in [3.63, 3.8) is 0 Å². The molecule has 0 fully saturated rings. The van der Waals surface area contributed by atoms with Gasteiger partial charge in [-0.15, -0.1) is 0 Å². The van der Waals surface area contributed by atoms with E-state index in [0.717, 1.165) is 62.1 Å². The normalized spacial score (nSPS) is 10.5. The minimum Gasteiger partial charge on any atom is -0.870 e. The van der Waals surface area contributed by atoms with Gasteiger partial charge in [-0.25, -0.2) is 9.36 Å². The van der Waals surface area contributed by atoms with E-state index in [1.807, 2.05) is 50.2 Å².